The molecule has 1 heterocycles. The first-order chi connectivity index (χ1) is 8.35. The zero-order valence-corrected chi connectivity index (χ0v) is 10.5. The van der Waals surface area contributed by atoms with Crippen LogP contribution in [-0.4, -0.2) is 7.05 Å². The third kappa shape index (κ3) is 2.77. The van der Waals surface area contributed by atoms with E-state index >= 15 is 0 Å². The van der Waals surface area contributed by atoms with Gasteiger partial charge in [0, 0.05) is 5.56 Å². The van der Waals surface area contributed by atoms with Crippen LogP contribution in [0.2, 0.25) is 0 Å². The minimum absolute atomic E-state index is 0.764. The molecule has 2 aromatic rings. The van der Waals surface area contributed by atoms with Gasteiger partial charge in [0.2, 0.25) is 0 Å². The number of aryl methyl sites for hydroxylation is 1. The molecule has 2 heteroatoms. The third-order valence-corrected chi connectivity index (χ3v) is 2.86. The molecule has 0 spiro atoms. The zero-order chi connectivity index (χ0) is 12.1. The van der Waals surface area contributed by atoms with Crippen molar-refractivity contribution in [1.82, 2.24) is 5.32 Å². The Labute approximate surface area is 103 Å². The van der Waals surface area contributed by atoms with E-state index in [1.807, 2.05) is 13.1 Å². The molecule has 2 rings (SSSR count). The van der Waals surface area contributed by atoms with Crippen molar-refractivity contribution in [2.24, 2.45) is 0 Å². The molecule has 0 fully saturated rings. The summed E-state index contributed by atoms with van der Waals surface area (Å²) in [6.07, 6.45) is 4.07. The lowest BCUT2D eigenvalue weighted by Crippen LogP contribution is -2.04. The van der Waals surface area contributed by atoms with Crippen molar-refractivity contribution in [3.8, 4) is 11.1 Å². The van der Waals surface area contributed by atoms with E-state index in [0.29, 0.717) is 0 Å². The van der Waals surface area contributed by atoms with E-state index in [4.69, 9.17) is 4.42 Å². The van der Waals surface area contributed by atoms with Gasteiger partial charge in [-0.3, -0.25) is 0 Å². The van der Waals surface area contributed by atoms with Crippen LogP contribution >= 0.6 is 0 Å². The molecule has 0 aliphatic rings. The first-order valence-electron chi connectivity index (χ1n) is 6.15. The lowest BCUT2D eigenvalue weighted by Gasteiger charge is -2.05. The van der Waals surface area contributed by atoms with Crippen LogP contribution in [0.1, 0.15) is 24.7 Å². The second-order valence-corrected chi connectivity index (χ2v) is 4.24. The summed E-state index contributed by atoms with van der Waals surface area (Å²) in [7, 11) is 1.93. The molecule has 17 heavy (non-hydrogen) atoms. The molecule has 1 N–H and O–H groups in total. The number of hydrogen-bond donors (Lipinski definition) is 1. The van der Waals surface area contributed by atoms with E-state index < -0.39 is 0 Å². The molecule has 0 saturated carbocycles. The topological polar surface area (TPSA) is 25.2 Å². The SMILES string of the molecule is CCCc1cccc(-c2ccoc2CNC)c1. The van der Waals surface area contributed by atoms with Crippen LogP contribution in [0.5, 0.6) is 0 Å². The minimum atomic E-state index is 0.764. The summed E-state index contributed by atoms with van der Waals surface area (Å²) in [4.78, 5) is 0. The molecule has 1 aromatic heterocycles. The summed E-state index contributed by atoms with van der Waals surface area (Å²) >= 11 is 0. The van der Waals surface area contributed by atoms with E-state index in [2.05, 4.69) is 36.5 Å². The largest absolute Gasteiger partial charge is 0.467 e. The van der Waals surface area contributed by atoms with Crippen LogP contribution < -0.4 is 5.32 Å². The third-order valence-electron chi connectivity index (χ3n) is 2.86. The highest BCUT2D eigenvalue weighted by atomic mass is 16.3. The Morgan fingerprint density at radius 1 is 1.24 bits per heavy atom. The highest BCUT2D eigenvalue weighted by Crippen LogP contribution is 2.26. The molecule has 0 bridgehead atoms. The number of nitrogens with one attached hydrogen (secondary N) is 1. The van der Waals surface area contributed by atoms with Gasteiger partial charge in [0.25, 0.3) is 0 Å². The van der Waals surface area contributed by atoms with E-state index in [0.717, 1.165) is 18.7 Å². The van der Waals surface area contributed by atoms with E-state index in [-0.39, 0.29) is 0 Å². The number of furan rings is 1. The maximum absolute atomic E-state index is 5.50. The van der Waals surface area contributed by atoms with Crippen LogP contribution in [-0.2, 0) is 13.0 Å². The minimum Gasteiger partial charge on any atom is -0.467 e. The Hall–Kier alpha value is -1.54. The van der Waals surface area contributed by atoms with Crippen molar-refractivity contribution >= 4 is 0 Å². The number of hydrogen-bond acceptors (Lipinski definition) is 2. The Morgan fingerprint density at radius 2 is 2.12 bits per heavy atom. The molecule has 0 amide bonds. The van der Waals surface area contributed by atoms with Gasteiger partial charge in [0.1, 0.15) is 5.76 Å². The predicted octanol–water partition coefficient (Wildman–Crippen LogP) is 3.62. The normalized spacial score (nSPS) is 10.7. The predicted molar refractivity (Wildman–Crippen MR) is 70.9 cm³/mol. The van der Waals surface area contributed by atoms with Crippen molar-refractivity contribution in [3.05, 3.63) is 47.9 Å². The van der Waals surface area contributed by atoms with Crippen LogP contribution in [0.4, 0.5) is 0 Å². The maximum atomic E-state index is 5.50. The standard InChI is InChI=1S/C15H19NO/c1-3-5-12-6-4-7-13(10-12)14-8-9-17-15(14)11-16-2/h4,6-10,16H,3,5,11H2,1-2H3. The molecule has 0 unspecified atom stereocenters. The van der Waals surface area contributed by atoms with Gasteiger partial charge in [0.05, 0.1) is 12.8 Å². The molecule has 0 atom stereocenters. The van der Waals surface area contributed by atoms with Gasteiger partial charge in [-0.05, 0) is 30.7 Å². The van der Waals surface area contributed by atoms with Crippen molar-refractivity contribution in [1.29, 1.82) is 0 Å². The molecular weight excluding hydrogens is 210 g/mol. The molecule has 0 saturated heterocycles. The van der Waals surface area contributed by atoms with Gasteiger partial charge < -0.3 is 9.73 Å². The first kappa shape index (κ1) is 11.9. The monoisotopic (exact) mass is 229 g/mol. The number of rotatable bonds is 5. The average molecular weight is 229 g/mol. The maximum Gasteiger partial charge on any atom is 0.125 e. The fourth-order valence-corrected chi connectivity index (χ4v) is 2.08. The highest BCUT2D eigenvalue weighted by Gasteiger charge is 2.08. The smallest absolute Gasteiger partial charge is 0.125 e. The second kappa shape index (κ2) is 5.69. The zero-order valence-electron chi connectivity index (χ0n) is 10.5. The van der Waals surface area contributed by atoms with Gasteiger partial charge in [-0.1, -0.05) is 37.6 Å². The summed E-state index contributed by atoms with van der Waals surface area (Å²) in [5.41, 5.74) is 3.83. The summed E-state index contributed by atoms with van der Waals surface area (Å²) in [6, 6.07) is 10.7. The molecule has 1 aromatic carbocycles. The summed E-state index contributed by atoms with van der Waals surface area (Å²) in [5.74, 6) is 1.00. The molecule has 0 aliphatic heterocycles. The van der Waals surface area contributed by atoms with Crippen molar-refractivity contribution in [2.75, 3.05) is 7.05 Å². The fraction of sp³-hybridized carbons (Fsp3) is 0.333. The summed E-state index contributed by atoms with van der Waals surface area (Å²) in [5, 5.41) is 3.13. The van der Waals surface area contributed by atoms with Gasteiger partial charge in [-0.25, -0.2) is 0 Å². The average Bonchev–Trinajstić information content (AvgIpc) is 2.79. The summed E-state index contributed by atoms with van der Waals surface area (Å²) < 4.78 is 5.50. The van der Waals surface area contributed by atoms with Gasteiger partial charge in [0.15, 0.2) is 0 Å². The summed E-state index contributed by atoms with van der Waals surface area (Å²) in [6.45, 7) is 2.97. The molecule has 0 radical (unpaired) electrons. The second-order valence-electron chi connectivity index (χ2n) is 4.24. The molecule has 0 aliphatic carbocycles. The molecule has 2 nitrogen and oxygen atoms in total. The van der Waals surface area contributed by atoms with Gasteiger partial charge >= 0.3 is 0 Å². The lowest BCUT2D eigenvalue weighted by molar-refractivity contribution is 0.497. The van der Waals surface area contributed by atoms with Crippen LogP contribution in [0.25, 0.3) is 11.1 Å². The highest BCUT2D eigenvalue weighted by molar-refractivity contribution is 5.66. The Bertz CT molecular complexity index is 473. The van der Waals surface area contributed by atoms with Crippen molar-refractivity contribution in [3.63, 3.8) is 0 Å². The fourth-order valence-electron chi connectivity index (χ4n) is 2.08. The van der Waals surface area contributed by atoms with Crippen LogP contribution in [0, 0.1) is 0 Å². The van der Waals surface area contributed by atoms with Crippen LogP contribution in [0.15, 0.2) is 41.0 Å². The van der Waals surface area contributed by atoms with E-state index in [1.54, 1.807) is 6.26 Å². The number of benzene rings is 1. The molecule has 90 valence electrons. The van der Waals surface area contributed by atoms with Crippen molar-refractivity contribution < 1.29 is 4.42 Å². The van der Waals surface area contributed by atoms with E-state index in [1.165, 1.54) is 23.1 Å². The quantitative estimate of drug-likeness (QED) is 0.847. The first-order valence-corrected chi connectivity index (χ1v) is 6.15. The Kier molecular flexibility index (Phi) is 3.99. The Balaban J connectivity index is 2.31. The Morgan fingerprint density at radius 3 is 2.88 bits per heavy atom. The van der Waals surface area contributed by atoms with Crippen molar-refractivity contribution in [2.45, 2.75) is 26.3 Å². The van der Waals surface area contributed by atoms with Gasteiger partial charge in [-0.15, -0.1) is 0 Å². The molecular formula is C15H19NO. The lowest BCUT2D eigenvalue weighted by atomic mass is 10.0. The van der Waals surface area contributed by atoms with Crippen LogP contribution in [0.3, 0.4) is 0 Å². The van der Waals surface area contributed by atoms with Gasteiger partial charge in [-0.2, -0.15) is 0 Å². The van der Waals surface area contributed by atoms with E-state index in [9.17, 15) is 0 Å².